The number of nitrogens with zero attached hydrogens (tertiary/aromatic N) is 3. The number of fused-ring (bicyclic) bond motifs is 5. The van der Waals surface area contributed by atoms with Gasteiger partial charge in [0.05, 0.1) is 58.4 Å². The molecule has 1 N–H and O–H groups in total. The number of likely N-dealkylation sites (tertiary alicyclic amines) is 1. The summed E-state index contributed by atoms with van der Waals surface area (Å²) in [5, 5.41) is 5.49. The molecule has 3 amide bonds. The maximum absolute atomic E-state index is 14.5. The molecular formula is C65H96N4O14S. The number of carbonyl (C=O) groups is 4. The fourth-order valence-corrected chi connectivity index (χ4v) is 14.9. The topological polar surface area (TPSA) is 192 Å². The molecule has 0 radical (unpaired) electrons. The van der Waals surface area contributed by atoms with E-state index in [0.717, 1.165) is 76.6 Å². The fourth-order valence-electron chi connectivity index (χ4n) is 13.9. The lowest BCUT2D eigenvalue weighted by Gasteiger charge is -2.53. The number of likely N-dealkylation sites (N-methyl/N-ethyl adjacent to an activating group) is 1. The molecule has 8 rings (SSSR count). The Morgan fingerprint density at radius 1 is 0.798 bits per heavy atom. The van der Waals surface area contributed by atoms with E-state index in [1.807, 2.05) is 4.90 Å². The van der Waals surface area contributed by atoms with Crippen LogP contribution in [-0.2, 0) is 53.9 Å². The van der Waals surface area contributed by atoms with E-state index in [1.165, 1.54) is 60.1 Å². The number of aromatic nitrogens is 1. The number of amides is 3. The van der Waals surface area contributed by atoms with Gasteiger partial charge in [-0.1, -0.05) is 50.8 Å². The zero-order valence-electron chi connectivity index (χ0n) is 51.4. The molecule has 1 aromatic heterocycles. The molecule has 0 spiro atoms. The van der Waals surface area contributed by atoms with Crippen molar-refractivity contribution in [1.82, 2.24) is 20.1 Å². The summed E-state index contributed by atoms with van der Waals surface area (Å²) in [7, 11) is 4.90. The van der Waals surface area contributed by atoms with Gasteiger partial charge in [-0.15, -0.1) is 11.3 Å². The molecule has 3 saturated carbocycles. The number of ether oxygens (including phenoxy) is 10. The first-order valence-corrected chi connectivity index (χ1v) is 31.9. The number of rotatable bonds is 32. The van der Waals surface area contributed by atoms with E-state index in [-0.39, 0.29) is 42.0 Å². The minimum Gasteiger partial charge on any atom is -0.491 e. The van der Waals surface area contributed by atoms with Gasteiger partial charge in [0.25, 0.3) is 0 Å². The van der Waals surface area contributed by atoms with Crippen molar-refractivity contribution in [2.75, 3.05) is 101 Å². The van der Waals surface area contributed by atoms with Crippen LogP contribution in [0.15, 0.2) is 47.8 Å². The third kappa shape index (κ3) is 17.3. The first kappa shape index (κ1) is 65.2. The highest BCUT2D eigenvalue weighted by Gasteiger charge is 2.57. The first-order chi connectivity index (χ1) is 40.6. The molecule has 19 heteroatoms. The van der Waals surface area contributed by atoms with E-state index in [0.29, 0.717) is 118 Å². The number of carbonyl (C=O) groups excluding carboxylic acids is 4. The zero-order valence-corrected chi connectivity index (χ0v) is 52.2. The van der Waals surface area contributed by atoms with Crippen molar-refractivity contribution < 1.29 is 66.5 Å². The van der Waals surface area contributed by atoms with Gasteiger partial charge in [-0.05, 0) is 169 Å². The molecule has 2 heterocycles. The van der Waals surface area contributed by atoms with Gasteiger partial charge < -0.3 is 57.6 Å². The van der Waals surface area contributed by atoms with Crippen LogP contribution in [-0.4, -0.2) is 163 Å². The standard InChI is InChI=1S/C65H96N4O14S/c1-44(68(6)63(73)83-64(2,3)4)60(71)67-58(45-16-10-9-11-17-45)62(72)69-28-15-21-55(69)61-66-54(41-84-61)59(70)47-19-14-20-49(39-47)80-37-36-79-35-34-78-33-32-77-31-30-76-29-13-12-18-46-38-48-40-50(81-42-74-7)22-23-51(48)52-26-27-65(5)53(57(46)52)24-25-56(65)82-43-75-8/h14,19-20,22-23,39-41,44-46,52-53,55-58H,9-13,15-18,21,24-38,42-43H2,1-8H3,(H,67,71)/t44-,46+,52+,53-,55-,56-,57+,58-,65-/m0/s1. The number of hydrogen-bond donors (Lipinski definition) is 1. The number of unbranched alkanes of at least 4 members (excludes halogenated alkanes) is 1. The minimum absolute atomic E-state index is 0.0293. The summed E-state index contributed by atoms with van der Waals surface area (Å²) in [5.74, 6) is 3.05. The second-order valence-corrected chi connectivity index (χ2v) is 25.8. The normalized spacial score (nSPS) is 23.9. The smallest absolute Gasteiger partial charge is 0.410 e. The molecule has 1 aliphatic heterocycles. The maximum atomic E-state index is 14.5. The van der Waals surface area contributed by atoms with Crippen LogP contribution in [0.5, 0.6) is 11.5 Å². The Labute approximate surface area is 502 Å². The Hall–Kier alpha value is -4.73. The monoisotopic (exact) mass is 1190 g/mol. The lowest BCUT2D eigenvalue weighted by atomic mass is 9.52. The second kappa shape index (κ2) is 31.8. The molecule has 18 nitrogen and oxygen atoms in total. The van der Waals surface area contributed by atoms with Crippen LogP contribution >= 0.6 is 11.3 Å². The summed E-state index contributed by atoms with van der Waals surface area (Å²) in [6.07, 6.45) is 14.9. The van der Waals surface area contributed by atoms with Gasteiger partial charge in [0.15, 0.2) is 6.79 Å². The van der Waals surface area contributed by atoms with Gasteiger partial charge in [0.1, 0.15) is 53.3 Å². The van der Waals surface area contributed by atoms with Crippen LogP contribution < -0.4 is 14.8 Å². The average Bonchev–Trinajstić information content (AvgIpc) is 4.19. The molecule has 5 aliphatic rings. The molecule has 1 saturated heterocycles. The van der Waals surface area contributed by atoms with E-state index in [1.54, 1.807) is 71.6 Å². The second-order valence-electron chi connectivity index (χ2n) is 24.9. The fraction of sp³-hybridized carbons (Fsp3) is 0.708. The Balaban J connectivity index is 0.691. The number of nitrogens with one attached hydrogen (secondary N) is 1. The Morgan fingerprint density at radius 3 is 2.21 bits per heavy atom. The van der Waals surface area contributed by atoms with Crippen molar-refractivity contribution in [2.24, 2.45) is 29.1 Å². The summed E-state index contributed by atoms with van der Waals surface area (Å²) in [6, 6.07) is 11.8. The highest BCUT2D eigenvalue weighted by molar-refractivity contribution is 7.10. The molecule has 0 bridgehead atoms. The Bertz CT molecular complexity index is 2570. The average molecular weight is 1190 g/mol. The van der Waals surface area contributed by atoms with Crippen LogP contribution in [0.2, 0.25) is 0 Å². The van der Waals surface area contributed by atoms with Crippen molar-refractivity contribution in [3.8, 4) is 11.5 Å². The third-order valence-corrected chi connectivity index (χ3v) is 19.2. The molecule has 466 valence electrons. The first-order valence-electron chi connectivity index (χ1n) is 31.1. The number of methoxy groups -OCH3 is 2. The number of thiazole rings is 1. The minimum atomic E-state index is -0.857. The van der Waals surface area contributed by atoms with Gasteiger partial charge in [0, 0.05) is 45.4 Å². The predicted molar refractivity (Wildman–Crippen MR) is 319 cm³/mol. The van der Waals surface area contributed by atoms with Crippen molar-refractivity contribution in [3.63, 3.8) is 0 Å². The summed E-state index contributed by atoms with van der Waals surface area (Å²) in [6.45, 7) is 14.8. The van der Waals surface area contributed by atoms with Crippen molar-refractivity contribution >= 4 is 35.0 Å². The van der Waals surface area contributed by atoms with Crippen molar-refractivity contribution in [1.29, 1.82) is 0 Å². The Morgan fingerprint density at radius 2 is 1.50 bits per heavy atom. The van der Waals surface area contributed by atoms with E-state index < -0.39 is 29.7 Å². The Kier molecular flexibility index (Phi) is 24.7. The largest absolute Gasteiger partial charge is 0.491 e. The quantitative estimate of drug-likeness (QED) is 0.0352. The lowest BCUT2D eigenvalue weighted by Crippen LogP contribution is -2.56. The lowest BCUT2D eigenvalue weighted by molar-refractivity contribution is -0.140. The predicted octanol–water partition coefficient (Wildman–Crippen LogP) is 10.7. The summed E-state index contributed by atoms with van der Waals surface area (Å²) in [5.41, 5.74) is 3.16. The van der Waals surface area contributed by atoms with Crippen LogP contribution in [0, 0.1) is 29.1 Å². The SMILES string of the molecule is COCOc1ccc2c(c1)C[C@@H](CCCCOCCOCCOCCOCCOc1cccc(C(=O)c3csc([C@@H]4CCCN4C(=O)[C@@H](NC(=O)[C@H](C)N(C)C(=O)OC(C)(C)C)C4CCCCC4)n3)c1)[C@@H]1[C@@H]2CC[C@]2(C)[C@@H](OCOC)CC[C@@H]12. The number of hydrogen-bond acceptors (Lipinski definition) is 16. The van der Waals surface area contributed by atoms with Gasteiger partial charge in [0.2, 0.25) is 17.6 Å². The van der Waals surface area contributed by atoms with Gasteiger partial charge >= 0.3 is 6.09 Å². The van der Waals surface area contributed by atoms with E-state index in [4.69, 9.17) is 52.4 Å². The summed E-state index contributed by atoms with van der Waals surface area (Å²) < 4.78 is 57.4. The highest BCUT2D eigenvalue weighted by atomic mass is 32.1. The van der Waals surface area contributed by atoms with Crippen LogP contribution in [0.3, 0.4) is 0 Å². The van der Waals surface area contributed by atoms with Crippen molar-refractivity contribution in [3.05, 3.63) is 75.2 Å². The summed E-state index contributed by atoms with van der Waals surface area (Å²) >= 11 is 1.36. The van der Waals surface area contributed by atoms with E-state index in [9.17, 15) is 19.2 Å². The maximum Gasteiger partial charge on any atom is 0.410 e. The van der Waals surface area contributed by atoms with E-state index >= 15 is 0 Å². The van der Waals surface area contributed by atoms with Gasteiger partial charge in [-0.3, -0.25) is 19.3 Å². The third-order valence-electron chi connectivity index (χ3n) is 18.2. The molecule has 9 atom stereocenters. The van der Waals surface area contributed by atoms with Gasteiger partial charge in [-0.2, -0.15) is 0 Å². The van der Waals surface area contributed by atoms with Crippen molar-refractivity contribution in [2.45, 2.75) is 167 Å². The number of ketones is 1. The summed E-state index contributed by atoms with van der Waals surface area (Å²) in [4.78, 5) is 62.7. The number of benzene rings is 2. The van der Waals surface area contributed by atoms with Gasteiger partial charge in [-0.25, -0.2) is 9.78 Å². The molecule has 3 aromatic rings. The molecular weight excluding hydrogens is 1090 g/mol. The van der Waals surface area contributed by atoms with Crippen LogP contribution in [0.4, 0.5) is 4.79 Å². The van der Waals surface area contributed by atoms with Crippen LogP contribution in [0.1, 0.15) is 169 Å². The molecule has 84 heavy (non-hydrogen) atoms. The highest BCUT2D eigenvalue weighted by Crippen LogP contribution is 2.63. The molecule has 0 unspecified atom stereocenters. The molecule has 4 aliphatic carbocycles. The van der Waals surface area contributed by atoms with E-state index in [2.05, 4.69) is 30.4 Å². The zero-order chi connectivity index (χ0) is 59.6. The molecule has 2 aromatic carbocycles. The van der Waals surface area contributed by atoms with Crippen LogP contribution in [0.25, 0.3) is 0 Å². The molecule has 4 fully saturated rings.